The van der Waals surface area contributed by atoms with Crippen LogP contribution in [-0.2, 0) is 6.18 Å². The molecule has 1 saturated heterocycles. The molecule has 1 atom stereocenters. The number of piperazine rings is 1. The van der Waals surface area contributed by atoms with Crippen molar-refractivity contribution in [2.75, 3.05) is 32.7 Å². The van der Waals surface area contributed by atoms with Gasteiger partial charge in [-0.05, 0) is 18.2 Å². The molecule has 1 amide bonds. The van der Waals surface area contributed by atoms with E-state index in [2.05, 4.69) is 19.9 Å². The second-order valence-electron chi connectivity index (χ2n) is 8.75. The molecule has 1 fully saturated rings. The summed E-state index contributed by atoms with van der Waals surface area (Å²) in [5.74, 6) is -3.30. The number of halogens is 6. The summed E-state index contributed by atoms with van der Waals surface area (Å²) >= 11 is 6.37. The van der Waals surface area contributed by atoms with Crippen LogP contribution in [0, 0.1) is 11.6 Å². The normalized spacial score (nSPS) is 18.5. The maximum absolute atomic E-state index is 14.7. The zero-order valence-corrected chi connectivity index (χ0v) is 20.8. The quantitative estimate of drug-likeness (QED) is 0.450. The molecule has 1 aromatic carbocycles. The van der Waals surface area contributed by atoms with Gasteiger partial charge in [-0.2, -0.15) is 13.2 Å². The van der Waals surface area contributed by atoms with Crippen LogP contribution in [0.25, 0.3) is 0 Å². The zero-order valence-electron chi connectivity index (χ0n) is 20.0. The van der Waals surface area contributed by atoms with Crippen molar-refractivity contribution in [1.29, 1.82) is 0 Å². The number of aliphatic imine (C=N–C) groups is 2. The van der Waals surface area contributed by atoms with Crippen LogP contribution in [0.4, 0.5) is 22.0 Å². The average molecular weight is 564 g/mol. The van der Waals surface area contributed by atoms with E-state index in [1.165, 1.54) is 23.4 Å². The van der Waals surface area contributed by atoms with E-state index in [9.17, 15) is 26.7 Å². The minimum atomic E-state index is -4.70. The van der Waals surface area contributed by atoms with Crippen molar-refractivity contribution < 1.29 is 26.7 Å². The molecule has 0 saturated carbocycles. The Morgan fingerprint density at radius 3 is 2.31 bits per heavy atom. The highest BCUT2D eigenvalue weighted by Gasteiger charge is 2.35. The number of pyridine rings is 1. The van der Waals surface area contributed by atoms with Crippen molar-refractivity contribution in [3.63, 3.8) is 0 Å². The highest BCUT2D eigenvalue weighted by molar-refractivity contribution is 6.56. The maximum Gasteiger partial charge on any atom is 0.451 e. The van der Waals surface area contributed by atoms with Gasteiger partial charge in [0.05, 0.1) is 28.6 Å². The fourth-order valence-corrected chi connectivity index (χ4v) is 4.55. The predicted octanol–water partition coefficient (Wildman–Crippen LogP) is 3.90. The number of carbonyl (C=O) groups is 1. The molecule has 0 radical (unpaired) electrons. The highest BCUT2D eigenvalue weighted by Crippen LogP contribution is 2.26. The van der Waals surface area contributed by atoms with E-state index < -0.39 is 35.7 Å². The van der Waals surface area contributed by atoms with Crippen LogP contribution in [0.5, 0.6) is 0 Å². The molecule has 5 rings (SSSR count). The van der Waals surface area contributed by atoms with Gasteiger partial charge >= 0.3 is 6.18 Å². The Morgan fingerprint density at radius 1 is 0.949 bits per heavy atom. The summed E-state index contributed by atoms with van der Waals surface area (Å²) in [6.07, 6.45) is -0.476. The van der Waals surface area contributed by atoms with Crippen LogP contribution in [0.3, 0.4) is 0 Å². The summed E-state index contributed by atoms with van der Waals surface area (Å²) in [6, 6.07) is 4.83. The molecular weight excluding hydrogens is 545 g/mol. The van der Waals surface area contributed by atoms with Crippen molar-refractivity contribution >= 4 is 28.9 Å². The predicted molar refractivity (Wildman–Crippen MR) is 132 cm³/mol. The van der Waals surface area contributed by atoms with Gasteiger partial charge in [0.2, 0.25) is 5.82 Å². The molecule has 4 heterocycles. The Balaban J connectivity index is 1.34. The monoisotopic (exact) mass is 563 g/mol. The van der Waals surface area contributed by atoms with Gasteiger partial charge in [-0.15, -0.1) is 0 Å². The molecule has 2 aliphatic rings. The van der Waals surface area contributed by atoms with E-state index in [4.69, 9.17) is 16.6 Å². The third-order valence-corrected chi connectivity index (χ3v) is 6.61. The summed E-state index contributed by atoms with van der Waals surface area (Å²) in [4.78, 5) is 36.2. The Labute approximate surface area is 223 Å². The van der Waals surface area contributed by atoms with Gasteiger partial charge in [0.1, 0.15) is 17.8 Å². The van der Waals surface area contributed by atoms with Crippen molar-refractivity contribution in [3.05, 3.63) is 88.2 Å². The van der Waals surface area contributed by atoms with E-state index in [1.54, 1.807) is 6.07 Å². The molecule has 3 aromatic rings. The van der Waals surface area contributed by atoms with Crippen molar-refractivity contribution in [2.45, 2.75) is 12.3 Å². The van der Waals surface area contributed by atoms with Gasteiger partial charge in [0.25, 0.3) is 5.91 Å². The number of benzene rings is 1. The van der Waals surface area contributed by atoms with Gasteiger partial charge in [-0.1, -0.05) is 11.6 Å². The van der Waals surface area contributed by atoms with E-state index in [-0.39, 0.29) is 41.5 Å². The second-order valence-corrected chi connectivity index (χ2v) is 9.16. The third-order valence-electron chi connectivity index (χ3n) is 6.30. The first-order valence-corrected chi connectivity index (χ1v) is 12.1. The molecule has 0 aliphatic carbocycles. The molecule has 0 bridgehead atoms. The molecule has 1 unspecified atom stereocenters. The largest absolute Gasteiger partial charge is 0.451 e. The molecular formula is C25H19ClF5N7O. The first kappa shape index (κ1) is 26.8. The topological polar surface area (TPSA) is 86.9 Å². The Morgan fingerprint density at radius 2 is 1.67 bits per heavy atom. The lowest BCUT2D eigenvalue weighted by molar-refractivity contribution is -0.145. The van der Waals surface area contributed by atoms with Gasteiger partial charge in [0.15, 0.2) is 0 Å². The molecule has 14 heteroatoms. The second kappa shape index (κ2) is 10.7. The van der Waals surface area contributed by atoms with Gasteiger partial charge < -0.3 is 4.90 Å². The molecule has 0 N–H and O–H groups in total. The number of hydrogen-bond acceptors (Lipinski definition) is 7. The number of hydrogen-bond donors (Lipinski definition) is 0. The summed E-state index contributed by atoms with van der Waals surface area (Å²) in [5, 5.41) is 0.279. The molecule has 2 aliphatic heterocycles. The van der Waals surface area contributed by atoms with Crippen molar-refractivity contribution in [3.8, 4) is 0 Å². The van der Waals surface area contributed by atoms with Gasteiger partial charge in [0, 0.05) is 68.2 Å². The first-order chi connectivity index (χ1) is 18.6. The smallest absolute Gasteiger partial charge is 0.336 e. The number of aromatic nitrogens is 3. The molecule has 0 spiro atoms. The zero-order chi connectivity index (χ0) is 27.7. The lowest BCUT2D eigenvalue weighted by Crippen LogP contribution is -2.53. The minimum Gasteiger partial charge on any atom is -0.336 e. The summed E-state index contributed by atoms with van der Waals surface area (Å²) in [5.41, 5.74) is 1.07. The molecule has 8 nitrogen and oxygen atoms in total. The number of carbonyl (C=O) groups excluding carboxylic acids is 1. The third kappa shape index (κ3) is 5.64. The van der Waals surface area contributed by atoms with Crippen LogP contribution >= 0.6 is 11.6 Å². The average Bonchev–Trinajstić information content (AvgIpc) is 2.92. The number of nitrogens with zero attached hydrogens (tertiary/aromatic N) is 7. The lowest BCUT2D eigenvalue weighted by atomic mass is 9.98. The SMILES string of the molecule is O=C(c1cnc(C(F)(F)F)nc1)N1CCN(C2CN=C(c3ccc(F)cc3F)C(c3ccncc3Cl)=N2)CC1. The van der Waals surface area contributed by atoms with Crippen molar-refractivity contribution in [1.82, 2.24) is 24.8 Å². The highest BCUT2D eigenvalue weighted by atomic mass is 35.5. The maximum atomic E-state index is 14.7. The standard InChI is InChI=1S/C25H19ClF5N7O/c26-18-12-32-4-3-16(18)22-21(17-2-1-15(27)9-19(17)28)33-13-20(36-22)37-5-7-38(8-6-37)23(39)14-10-34-24(35-11-14)25(29,30)31/h1-4,9-12,20H,5-8,13H2. The van der Waals surface area contributed by atoms with Crippen LogP contribution in [0.1, 0.15) is 27.3 Å². The van der Waals surface area contributed by atoms with Gasteiger partial charge in [-0.3, -0.25) is 24.7 Å². The number of amides is 1. The van der Waals surface area contributed by atoms with Crippen molar-refractivity contribution in [2.24, 2.45) is 9.98 Å². The van der Waals surface area contributed by atoms with E-state index in [1.807, 2.05) is 4.90 Å². The van der Waals surface area contributed by atoms with Crippen LogP contribution < -0.4 is 0 Å². The fourth-order valence-electron chi connectivity index (χ4n) is 4.35. The Hall–Kier alpha value is -3.84. The molecule has 39 heavy (non-hydrogen) atoms. The van der Waals surface area contributed by atoms with E-state index in [0.29, 0.717) is 24.4 Å². The first-order valence-electron chi connectivity index (χ1n) is 11.7. The Kier molecular flexibility index (Phi) is 7.36. The van der Waals surface area contributed by atoms with Crippen LogP contribution in [-0.4, -0.2) is 81.0 Å². The summed E-state index contributed by atoms with van der Waals surface area (Å²) < 4.78 is 66.4. The molecule has 2 aromatic heterocycles. The van der Waals surface area contributed by atoms with Crippen LogP contribution in [0.2, 0.25) is 5.02 Å². The number of rotatable bonds is 4. The van der Waals surface area contributed by atoms with E-state index in [0.717, 1.165) is 24.5 Å². The van der Waals surface area contributed by atoms with E-state index >= 15 is 0 Å². The summed E-state index contributed by atoms with van der Waals surface area (Å²) in [6.45, 7) is 1.53. The summed E-state index contributed by atoms with van der Waals surface area (Å²) in [7, 11) is 0. The Bertz CT molecular complexity index is 1450. The van der Waals surface area contributed by atoms with Gasteiger partial charge in [-0.25, -0.2) is 18.7 Å². The molecule has 202 valence electrons. The minimum absolute atomic E-state index is 0.0441. The number of alkyl halides is 3. The lowest BCUT2D eigenvalue weighted by Gasteiger charge is -2.38. The van der Waals surface area contributed by atoms with Crippen LogP contribution in [0.15, 0.2) is 59.0 Å². The fraction of sp³-hybridized carbons (Fsp3) is 0.280.